The molecule has 1 amide bonds. The minimum absolute atomic E-state index is 0.0457. The summed E-state index contributed by atoms with van der Waals surface area (Å²) in [7, 11) is 1.31. The molecule has 2 aromatic heterocycles. The molecule has 6 nitrogen and oxygen atoms in total. The summed E-state index contributed by atoms with van der Waals surface area (Å²) in [6.07, 6.45) is 1.69. The van der Waals surface area contributed by atoms with Crippen LogP contribution in [0.5, 0.6) is 0 Å². The second-order valence-corrected chi connectivity index (χ2v) is 6.93. The molecule has 0 bridgehead atoms. The largest absolute Gasteiger partial charge is 0.464 e. The third kappa shape index (κ3) is 4.07. The van der Waals surface area contributed by atoms with Crippen LogP contribution in [0.15, 0.2) is 35.8 Å². The molecule has 0 aliphatic rings. The lowest BCUT2D eigenvalue weighted by Crippen LogP contribution is -2.14. The monoisotopic (exact) mass is 409 g/mol. The Hall–Kier alpha value is -2.35. The maximum atomic E-state index is 12.2. The number of carbonyl (C=O) groups is 2. The van der Waals surface area contributed by atoms with Gasteiger partial charge in [0.2, 0.25) is 5.91 Å². The Morgan fingerprint density at radius 2 is 2.04 bits per heavy atom. The highest BCUT2D eigenvalue weighted by atomic mass is 35.5. The number of ether oxygens (including phenoxy) is 1. The summed E-state index contributed by atoms with van der Waals surface area (Å²) in [5, 5.41) is 5.82. The van der Waals surface area contributed by atoms with E-state index in [1.165, 1.54) is 18.4 Å². The summed E-state index contributed by atoms with van der Waals surface area (Å²) in [5.74, 6) is -0.734. The number of hydrogen-bond donors (Lipinski definition) is 2. The lowest BCUT2D eigenvalue weighted by Gasteiger charge is -2.06. The van der Waals surface area contributed by atoms with Crippen molar-refractivity contribution in [1.82, 2.24) is 9.97 Å². The van der Waals surface area contributed by atoms with E-state index in [0.717, 1.165) is 5.56 Å². The predicted octanol–water partition coefficient (Wildman–Crippen LogP) is 4.41. The van der Waals surface area contributed by atoms with E-state index in [1.807, 2.05) is 0 Å². The van der Waals surface area contributed by atoms with Gasteiger partial charge in [-0.1, -0.05) is 29.3 Å². The zero-order valence-corrected chi connectivity index (χ0v) is 15.8. The van der Waals surface area contributed by atoms with Gasteiger partial charge < -0.3 is 15.0 Å². The van der Waals surface area contributed by atoms with Crippen LogP contribution >= 0.6 is 34.5 Å². The number of nitrogens with one attached hydrogen (secondary N) is 2. The Morgan fingerprint density at radius 3 is 2.73 bits per heavy atom. The van der Waals surface area contributed by atoms with Crippen molar-refractivity contribution < 1.29 is 14.3 Å². The van der Waals surface area contributed by atoms with Crippen molar-refractivity contribution in [3.8, 4) is 11.3 Å². The van der Waals surface area contributed by atoms with E-state index < -0.39 is 5.97 Å². The lowest BCUT2D eigenvalue weighted by atomic mass is 10.1. The van der Waals surface area contributed by atoms with Crippen molar-refractivity contribution in [2.45, 2.75) is 6.42 Å². The SMILES string of the molecule is COC(=O)c1cc(-c2csc(NC(=O)Cc3c(Cl)cccc3Cl)n2)c[nH]1. The molecule has 0 radical (unpaired) electrons. The van der Waals surface area contributed by atoms with Crippen molar-refractivity contribution in [3.05, 3.63) is 57.1 Å². The fourth-order valence-corrected chi connectivity index (χ4v) is 3.53. The second kappa shape index (κ2) is 7.90. The number of methoxy groups -OCH3 is 1. The average molecular weight is 410 g/mol. The van der Waals surface area contributed by atoms with E-state index in [4.69, 9.17) is 23.2 Å². The molecule has 0 spiro atoms. The molecule has 3 rings (SSSR count). The summed E-state index contributed by atoms with van der Waals surface area (Å²) in [6, 6.07) is 6.72. The maximum absolute atomic E-state index is 12.2. The number of esters is 1. The average Bonchev–Trinajstić information content (AvgIpc) is 3.27. The van der Waals surface area contributed by atoms with Gasteiger partial charge in [0, 0.05) is 27.2 Å². The van der Waals surface area contributed by atoms with Crippen LogP contribution in [0.1, 0.15) is 16.1 Å². The van der Waals surface area contributed by atoms with E-state index in [2.05, 4.69) is 20.0 Å². The highest BCUT2D eigenvalue weighted by Crippen LogP contribution is 2.27. The number of halogens is 2. The number of carbonyl (C=O) groups excluding carboxylic acids is 2. The Balaban J connectivity index is 1.69. The number of H-pyrrole nitrogens is 1. The molecule has 2 heterocycles. The number of hydrogen-bond acceptors (Lipinski definition) is 5. The number of nitrogens with zero attached hydrogens (tertiary/aromatic N) is 1. The normalized spacial score (nSPS) is 10.6. The van der Waals surface area contributed by atoms with Gasteiger partial charge in [0.05, 0.1) is 19.2 Å². The zero-order chi connectivity index (χ0) is 18.7. The number of aromatic amines is 1. The van der Waals surface area contributed by atoms with Crippen molar-refractivity contribution in [2.75, 3.05) is 12.4 Å². The van der Waals surface area contributed by atoms with E-state index in [9.17, 15) is 9.59 Å². The predicted molar refractivity (Wildman–Crippen MR) is 102 cm³/mol. The molecule has 0 saturated heterocycles. The van der Waals surface area contributed by atoms with Crippen LogP contribution in [0, 0.1) is 0 Å². The summed E-state index contributed by atoms with van der Waals surface area (Å²) in [5.41, 5.74) is 2.25. The Bertz CT molecular complexity index is 948. The molecule has 9 heteroatoms. The van der Waals surface area contributed by atoms with Gasteiger partial charge in [-0.25, -0.2) is 9.78 Å². The first kappa shape index (κ1) is 18.4. The van der Waals surface area contributed by atoms with Crippen molar-refractivity contribution in [1.29, 1.82) is 0 Å². The molecule has 0 atom stereocenters. The van der Waals surface area contributed by atoms with Gasteiger partial charge in [-0.3, -0.25) is 4.79 Å². The number of benzene rings is 1. The number of rotatable bonds is 5. The first-order chi connectivity index (χ1) is 12.5. The summed E-state index contributed by atoms with van der Waals surface area (Å²) < 4.78 is 4.65. The Kier molecular flexibility index (Phi) is 5.61. The van der Waals surface area contributed by atoms with Gasteiger partial charge in [-0.2, -0.15) is 0 Å². The van der Waals surface area contributed by atoms with Crippen LogP contribution in [-0.4, -0.2) is 29.0 Å². The molecule has 0 aliphatic carbocycles. The van der Waals surface area contributed by atoms with Gasteiger partial charge in [-0.15, -0.1) is 11.3 Å². The molecular formula is C17H13Cl2N3O3S. The third-order valence-electron chi connectivity index (χ3n) is 3.53. The minimum Gasteiger partial charge on any atom is -0.464 e. The van der Waals surface area contributed by atoms with Gasteiger partial charge in [0.1, 0.15) is 5.69 Å². The van der Waals surface area contributed by atoms with Gasteiger partial charge in [-0.05, 0) is 23.8 Å². The van der Waals surface area contributed by atoms with Crippen LogP contribution in [0.4, 0.5) is 5.13 Å². The van der Waals surface area contributed by atoms with E-state index in [0.29, 0.717) is 32.1 Å². The summed E-state index contributed by atoms with van der Waals surface area (Å²) >= 11 is 13.4. The second-order valence-electron chi connectivity index (χ2n) is 5.26. The Labute approximate surface area is 163 Å². The molecule has 0 saturated carbocycles. The topological polar surface area (TPSA) is 84.1 Å². The first-order valence-corrected chi connectivity index (χ1v) is 9.07. The molecule has 2 N–H and O–H groups in total. The van der Waals surface area contributed by atoms with Crippen LogP contribution in [0.3, 0.4) is 0 Å². The van der Waals surface area contributed by atoms with Gasteiger partial charge in [0.15, 0.2) is 5.13 Å². The zero-order valence-electron chi connectivity index (χ0n) is 13.5. The first-order valence-electron chi connectivity index (χ1n) is 7.43. The molecule has 1 aromatic carbocycles. The number of anilines is 1. The van der Waals surface area contributed by atoms with Gasteiger partial charge >= 0.3 is 5.97 Å². The van der Waals surface area contributed by atoms with Crippen LogP contribution < -0.4 is 5.32 Å². The third-order valence-corrected chi connectivity index (χ3v) is 5.00. The lowest BCUT2D eigenvalue weighted by molar-refractivity contribution is -0.115. The fourth-order valence-electron chi connectivity index (χ4n) is 2.26. The van der Waals surface area contributed by atoms with Crippen LogP contribution in [-0.2, 0) is 16.0 Å². The van der Waals surface area contributed by atoms with E-state index in [1.54, 1.807) is 35.8 Å². The molecule has 3 aromatic rings. The van der Waals surface area contributed by atoms with Crippen molar-refractivity contribution >= 4 is 51.5 Å². The molecule has 0 unspecified atom stereocenters. The maximum Gasteiger partial charge on any atom is 0.354 e. The van der Waals surface area contributed by atoms with Crippen LogP contribution in [0.25, 0.3) is 11.3 Å². The van der Waals surface area contributed by atoms with Crippen LogP contribution in [0.2, 0.25) is 10.0 Å². The molecule has 26 heavy (non-hydrogen) atoms. The van der Waals surface area contributed by atoms with E-state index in [-0.39, 0.29) is 12.3 Å². The number of amides is 1. The van der Waals surface area contributed by atoms with Crippen molar-refractivity contribution in [3.63, 3.8) is 0 Å². The quantitative estimate of drug-likeness (QED) is 0.611. The smallest absolute Gasteiger partial charge is 0.354 e. The molecule has 0 aliphatic heterocycles. The van der Waals surface area contributed by atoms with Gasteiger partial charge in [0.25, 0.3) is 0 Å². The summed E-state index contributed by atoms with van der Waals surface area (Å²) in [6.45, 7) is 0. The minimum atomic E-state index is -0.461. The number of aromatic nitrogens is 2. The number of thiazole rings is 1. The standard InChI is InChI=1S/C17H13Cl2N3O3S/c1-25-16(24)13-5-9(7-20-13)14-8-26-17(21-14)22-15(23)6-10-11(18)3-2-4-12(10)19/h2-5,7-8,20H,6H2,1H3,(H,21,22,23). The summed E-state index contributed by atoms with van der Waals surface area (Å²) in [4.78, 5) is 30.9. The highest BCUT2D eigenvalue weighted by molar-refractivity contribution is 7.14. The van der Waals surface area contributed by atoms with Crippen molar-refractivity contribution in [2.24, 2.45) is 0 Å². The molecule has 0 fully saturated rings. The van der Waals surface area contributed by atoms with E-state index >= 15 is 0 Å². The fraction of sp³-hybridized carbons (Fsp3) is 0.118. The Morgan fingerprint density at radius 1 is 1.31 bits per heavy atom. The molecular weight excluding hydrogens is 397 g/mol. The highest BCUT2D eigenvalue weighted by Gasteiger charge is 2.14. The molecule has 134 valence electrons.